The average Bonchev–Trinajstić information content (AvgIpc) is 2.51. The van der Waals surface area contributed by atoms with Gasteiger partial charge in [0.2, 0.25) is 0 Å². The van der Waals surface area contributed by atoms with Crippen LogP contribution in [0.5, 0.6) is 11.5 Å². The number of phenols is 2. The summed E-state index contributed by atoms with van der Waals surface area (Å²) in [6.45, 7) is 4.19. The van der Waals surface area contributed by atoms with Crippen molar-refractivity contribution in [3.63, 3.8) is 0 Å². The normalized spacial score (nSPS) is 12.0. The van der Waals surface area contributed by atoms with Crippen LogP contribution in [0.2, 0.25) is 0 Å². The minimum absolute atomic E-state index is 0.104. The number of benzene rings is 2. The van der Waals surface area contributed by atoms with Gasteiger partial charge in [-0.3, -0.25) is 0 Å². The minimum Gasteiger partial charge on any atom is -0.504 e. The number of hydrogen-bond donors (Lipinski definition) is 3. The highest BCUT2D eigenvalue weighted by molar-refractivity contribution is 7.89. The van der Waals surface area contributed by atoms with Crippen molar-refractivity contribution in [1.82, 2.24) is 4.83 Å². The van der Waals surface area contributed by atoms with E-state index in [1.165, 1.54) is 30.3 Å². The van der Waals surface area contributed by atoms with Gasteiger partial charge >= 0.3 is 0 Å². The summed E-state index contributed by atoms with van der Waals surface area (Å²) in [5, 5.41) is 22.6. The van der Waals surface area contributed by atoms with Crippen LogP contribution in [0.3, 0.4) is 0 Å². The summed E-state index contributed by atoms with van der Waals surface area (Å²) in [7, 11) is -3.79. The van der Waals surface area contributed by atoms with Crippen molar-refractivity contribution in [3.05, 3.63) is 53.6 Å². The standard InChI is InChI=1S/C17H20N2O4S/c1-12(2)10-13-6-8-15(9-7-13)24(22,23)19-18-11-14-4-3-5-16(20)17(14)21/h3-9,11-12,19-21H,10H2,1-2H3/b18-11-. The molecule has 0 atom stereocenters. The van der Waals surface area contributed by atoms with E-state index < -0.39 is 10.0 Å². The Morgan fingerprint density at radius 2 is 1.79 bits per heavy atom. The highest BCUT2D eigenvalue weighted by atomic mass is 32.2. The Kier molecular flexibility index (Phi) is 5.46. The molecule has 0 aromatic heterocycles. The fourth-order valence-corrected chi connectivity index (χ4v) is 2.94. The first-order valence-electron chi connectivity index (χ1n) is 7.44. The van der Waals surface area contributed by atoms with E-state index in [1.807, 2.05) is 0 Å². The van der Waals surface area contributed by atoms with Crippen molar-refractivity contribution in [2.45, 2.75) is 25.2 Å². The van der Waals surface area contributed by atoms with E-state index in [0.717, 1.165) is 18.2 Å². The largest absolute Gasteiger partial charge is 0.504 e. The van der Waals surface area contributed by atoms with Gasteiger partial charge in [0, 0.05) is 5.56 Å². The monoisotopic (exact) mass is 348 g/mol. The predicted molar refractivity (Wildman–Crippen MR) is 92.7 cm³/mol. The molecule has 0 fully saturated rings. The molecule has 0 amide bonds. The van der Waals surface area contributed by atoms with Crippen LogP contribution in [-0.4, -0.2) is 24.8 Å². The Morgan fingerprint density at radius 3 is 2.42 bits per heavy atom. The number of rotatable bonds is 6. The second-order valence-electron chi connectivity index (χ2n) is 5.81. The SMILES string of the molecule is CC(C)Cc1ccc(S(=O)(=O)N/N=C\c2cccc(O)c2O)cc1. The van der Waals surface area contributed by atoms with Gasteiger partial charge in [0.05, 0.1) is 11.1 Å². The number of phenolic OH excluding ortho intramolecular Hbond substituents is 2. The summed E-state index contributed by atoms with van der Waals surface area (Å²) in [5.41, 5.74) is 1.27. The van der Waals surface area contributed by atoms with E-state index in [0.29, 0.717) is 5.92 Å². The molecular formula is C17H20N2O4S. The average molecular weight is 348 g/mol. The van der Waals surface area contributed by atoms with Gasteiger partial charge in [0.25, 0.3) is 10.0 Å². The summed E-state index contributed by atoms with van der Waals surface area (Å²) in [6.07, 6.45) is 2.00. The van der Waals surface area contributed by atoms with E-state index in [-0.39, 0.29) is 22.0 Å². The molecule has 3 N–H and O–H groups in total. The maximum absolute atomic E-state index is 12.2. The minimum atomic E-state index is -3.79. The van der Waals surface area contributed by atoms with Gasteiger partial charge in [-0.2, -0.15) is 13.5 Å². The van der Waals surface area contributed by atoms with E-state index in [9.17, 15) is 18.6 Å². The second-order valence-corrected chi connectivity index (χ2v) is 7.47. The summed E-state index contributed by atoms with van der Waals surface area (Å²) in [6, 6.07) is 10.9. The second kappa shape index (κ2) is 7.35. The molecule has 7 heteroatoms. The number of hydrazone groups is 1. The number of hydrogen-bond acceptors (Lipinski definition) is 5. The van der Waals surface area contributed by atoms with Crippen LogP contribution in [0.4, 0.5) is 0 Å². The van der Waals surface area contributed by atoms with Gasteiger partial charge in [-0.05, 0) is 42.2 Å². The number of nitrogens with one attached hydrogen (secondary N) is 1. The van der Waals surface area contributed by atoms with Crippen molar-refractivity contribution in [1.29, 1.82) is 0 Å². The van der Waals surface area contributed by atoms with Crippen molar-refractivity contribution in [2.75, 3.05) is 0 Å². The van der Waals surface area contributed by atoms with Crippen LogP contribution >= 0.6 is 0 Å². The van der Waals surface area contributed by atoms with E-state index >= 15 is 0 Å². The third-order valence-electron chi connectivity index (χ3n) is 3.30. The van der Waals surface area contributed by atoms with Crippen LogP contribution in [-0.2, 0) is 16.4 Å². The topological polar surface area (TPSA) is 99.0 Å². The van der Waals surface area contributed by atoms with Crippen molar-refractivity contribution in [2.24, 2.45) is 11.0 Å². The first-order chi connectivity index (χ1) is 11.3. The summed E-state index contributed by atoms with van der Waals surface area (Å²) in [5.74, 6) is -0.175. The molecule has 0 radical (unpaired) electrons. The lowest BCUT2D eigenvalue weighted by Gasteiger charge is -2.07. The molecule has 128 valence electrons. The van der Waals surface area contributed by atoms with Crippen molar-refractivity contribution < 1.29 is 18.6 Å². The molecule has 0 saturated heterocycles. The Balaban J connectivity index is 2.11. The molecule has 6 nitrogen and oxygen atoms in total. The van der Waals surface area contributed by atoms with Gasteiger partial charge in [-0.15, -0.1) is 0 Å². The zero-order valence-electron chi connectivity index (χ0n) is 13.5. The quantitative estimate of drug-likeness (QED) is 0.424. The third-order valence-corrected chi connectivity index (χ3v) is 4.54. The molecule has 0 aliphatic heterocycles. The van der Waals surface area contributed by atoms with Gasteiger partial charge in [-0.25, -0.2) is 4.83 Å². The molecule has 2 aromatic rings. The van der Waals surface area contributed by atoms with Crippen LogP contribution < -0.4 is 4.83 Å². The number of nitrogens with zero attached hydrogens (tertiary/aromatic N) is 1. The molecule has 0 aliphatic rings. The Hall–Kier alpha value is -2.54. The van der Waals surface area contributed by atoms with Gasteiger partial charge in [0.15, 0.2) is 11.5 Å². The smallest absolute Gasteiger partial charge is 0.276 e. The summed E-state index contributed by atoms with van der Waals surface area (Å²) >= 11 is 0. The lowest BCUT2D eigenvalue weighted by atomic mass is 10.0. The van der Waals surface area contributed by atoms with E-state index in [4.69, 9.17) is 0 Å². The lowest BCUT2D eigenvalue weighted by molar-refractivity contribution is 0.403. The highest BCUT2D eigenvalue weighted by Crippen LogP contribution is 2.26. The van der Waals surface area contributed by atoms with Crippen molar-refractivity contribution in [3.8, 4) is 11.5 Å². The fourth-order valence-electron chi connectivity index (χ4n) is 2.15. The van der Waals surface area contributed by atoms with Crippen LogP contribution in [0.25, 0.3) is 0 Å². The molecule has 0 heterocycles. The first-order valence-corrected chi connectivity index (χ1v) is 8.92. The first kappa shape index (κ1) is 17.8. The molecule has 2 rings (SSSR count). The third kappa shape index (κ3) is 4.48. The number of sulfonamides is 1. The maximum atomic E-state index is 12.2. The summed E-state index contributed by atoms with van der Waals surface area (Å²) in [4.78, 5) is 2.18. The number of aromatic hydroxyl groups is 2. The lowest BCUT2D eigenvalue weighted by Crippen LogP contribution is -2.18. The highest BCUT2D eigenvalue weighted by Gasteiger charge is 2.13. The Morgan fingerprint density at radius 1 is 1.12 bits per heavy atom. The Bertz CT molecular complexity index is 828. The van der Waals surface area contributed by atoms with Crippen molar-refractivity contribution >= 4 is 16.2 Å². The molecular weight excluding hydrogens is 328 g/mol. The van der Waals surface area contributed by atoms with Gasteiger partial charge in [-0.1, -0.05) is 32.0 Å². The van der Waals surface area contributed by atoms with Gasteiger partial charge in [0.1, 0.15) is 0 Å². The van der Waals surface area contributed by atoms with Gasteiger partial charge < -0.3 is 10.2 Å². The molecule has 0 unspecified atom stereocenters. The van der Waals surface area contributed by atoms with Crippen LogP contribution in [0, 0.1) is 5.92 Å². The van der Waals surface area contributed by atoms with E-state index in [2.05, 4.69) is 23.8 Å². The molecule has 24 heavy (non-hydrogen) atoms. The molecule has 0 spiro atoms. The fraction of sp³-hybridized carbons (Fsp3) is 0.235. The van der Waals surface area contributed by atoms with Crippen LogP contribution in [0.15, 0.2) is 52.5 Å². The Labute approximate surface area is 141 Å². The molecule has 0 saturated carbocycles. The predicted octanol–water partition coefficient (Wildman–Crippen LogP) is 2.61. The molecule has 0 bridgehead atoms. The number of para-hydroxylation sites is 1. The van der Waals surface area contributed by atoms with E-state index in [1.54, 1.807) is 12.1 Å². The summed E-state index contributed by atoms with van der Waals surface area (Å²) < 4.78 is 24.3. The van der Waals surface area contributed by atoms with Crippen LogP contribution in [0.1, 0.15) is 25.0 Å². The molecule has 0 aliphatic carbocycles. The molecule has 2 aromatic carbocycles. The zero-order valence-corrected chi connectivity index (χ0v) is 14.3. The maximum Gasteiger partial charge on any atom is 0.276 e. The zero-order chi connectivity index (χ0) is 17.7.